The molecule has 7 heteroatoms. The van der Waals surface area contributed by atoms with Crippen LogP contribution < -0.4 is 11.1 Å². The maximum atomic E-state index is 12.2. The molecule has 1 amide bonds. The number of nitrogens with zero attached hydrogens (tertiary/aromatic N) is 2. The number of esters is 1. The molecule has 0 saturated carbocycles. The first kappa shape index (κ1) is 17.1. The van der Waals surface area contributed by atoms with Gasteiger partial charge in [-0.05, 0) is 29.8 Å². The molecule has 3 aromatic rings. The van der Waals surface area contributed by atoms with E-state index in [2.05, 4.69) is 15.3 Å². The molecule has 1 heterocycles. The highest BCUT2D eigenvalue weighted by Crippen LogP contribution is 2.12. The summed E-state index contributed by atoms with van der Waals surface area (Å²) in [7, 11) is 0. The number of nitrogens with one attached hydrogen (secondary N) is 1. The molecule has 26 heavy (non-hydrogen) atoms. The van der Waals surface area contributed by atoms with Crippen LogP contribution in [-0.2, 0) is 11.3 Å². The summed E-state index contributed by atoms with van der Waals surface area (Å²) in [6.45, 7) is 0.0371. The van der Waals surface area contributed by atoms with Gasteiger partial charge in [0, 0.05) is 23.6 Å². The van der Waals surface area contributed by atoms with Crippen molar-refractivity contribution in [2.45, 2.75) is 6.61 Å². The molecule has 7 nitrogen and oxygen atoms in total. The number of carbonyl (C=O) groups excluding carboxylic acids is 2. The molecule has 130 valence electrons. The Balaban J connectivity index is 1.58. The third-order valence-electron chi connectivity index (χ3n) is 3.54. The second-order valence-electron chi connectivity index (χ2n) is 5.38. The lowest BCUT2D eigenvalue weighted by molar-refractivity contribution is 0.0466. The number of hydrogen-bond donors (Lipinski definition) is 2. The van der Waals surface area contributed by atoms with Crippen molar-refractivity contribution in [3.8, 4) is 0 Å². The number of ether oxygens (including phenoxy) is 1. The number of carbonyl (C=O) groups is 2. The molecule has 0 saturated heterocycles. The Hall–Kier alpha value is -3.74. The average molecular weight is 348 g/mol. The van der Waals surface area contributed by atoms with Gasteiger partial charge in [-0.2, -0.15) is 0 Å². The molecule has 0 atom stereocenters. The highest BCUT2D eigenvalue weighted by atomic mass is 16.5. The summed E-state index contributed by atoms with van der Waals surface area (Å²) < 4.78 is 5.17. The van der Waals surface area contributed by atoms with Crippen molar-refractivity contribution in [3.05, 3.63) is 83.8 Å². The first-order chi connectivity index (χ1) is 12.6. The standard InChI is InChI=1S/C19H16N4O3/c20-17-16(21-10-11-22-17)19(25)26-12-13-6-8-14(9-7-13)18(24)23-15-4-2-1-3-5-15/h1-11H,12H2,(H2,20,22)(H,23,24). The van der Waals surface area contributed by atoms with Gasteiger partial charge in [0.05, 0.1) is 0 Å². The highest BCUT2D eigenvalue weighted by molar-refractivity contribution is 6.04. The molecule has 1 aromatic heterocycles. The van der Waals surface area contributed by atoms with Gasteiger partial charge in [0.1, 0.15) is 6.61 Å². The van der Waals surface area contributed by atoms with Crippen LogP contribution in [0.1, 0.15) is 26.4 Å². The fourth-order valence-electron chi connectivity index (χ4n) is 2.20. The lowest BCUT2D eigenvalue weighted by Gasteiger charge is -2.07. The van der Waals surface area contributed by atoms with Crippen LogP contribution in [-0.4, -0.2) is 21.8 Å². The number of amides is 1. The monoisotopic (exact) mass is 348 g/mol. The number of anilines is 2. The molecule has 0 aliphatic heterocycles. The van der Waals surface area contributed by atoms with Crippen molar-refractivity contribution in [1.29, 1.82) is 0 Å². The third-order valence-corrected chi connectivity index (χ3v) is 3.54. The molecular weight excluding hydrogens is 332 g/mol. The van der Waals surface area contributed by atoms with Gasteiger partial charge >= 0.3 is 5.97 Å². The predicted octanol–water partition coefficient (Wildman–Crippen LogP) is 2.67. The van der Waals surface area contributed by atoms with E-state index in [1.165, 1.54) is 12.4 Å². The van der Waals surface area contributed by atoms with E-state index in [1.54, 1.807) is 24.3 Å². The Morgan fingerprint density at radius 1 is 0.962 bits per heavy atom. The number of para-hydroxylation sites is 1. The molecular formula is C19H16N4O3. The van der Waals surface area contributed by atoms with Crippen LogP contribution >= 0.6 is 0 Å². The zero-order valence-electron chi connectivity index (χ0n) is 13.8. The number of benzene rings is 2. The van der Waals surface area contributed by atoms with E-state index in [0.717, 1.165) is 11.3 Å². The van der Waals surface area contributed by atoms with Gasteiger partial charge in [-0.25, -0.2) is 14.8 Å². The molecule has 0 unspecified atom stereocenters. The summed E-state index contributed by atoms with van der Waals surface area (Å²) >= 11 is 0. The quantitative estimate of drug-likeness (QED) is 0.687. The Kier molecular flexibility index (Phi) is 5.19. The number of nitrogens with two attached hydrogens (primary N) is 1. The van der Waals surface area contributed by atoms with E-state index in [-0.39, 0.29) is 24.0 Å². The normalized spacial score (nSPS) is 10.2. The fraction of sp³-hybridized carbons (Fsp3) is 0.0526. The van der Waals surface area contributed by atoms with Crippen molar-refractivity contribution in [2.75, 3.05) is 11.1 Å². The van der Waals surface area contributed by atoms with Gasteiger partial charge in [-0.1, -0.05) is 30.3 Å². The van der Waals surface area contributed by atoms with Crippen LogP contribution in [0.15, 0.2) is 67.0 Å². The molecule has 3 N–H and O–H groups in total. The smallest absolute Gasteiger partial charge is 0.361 e. The topological polar surface area (TPSA) is 107 Å². The van der Waals surface area contributed by atoms with Gasteiger partial charge in [0.15, 0.2) is 11.5 Å². The third kappa shape index (κ3) is 4.21. The van der Waals surface area contributed by atoms with Gasteiger partial charge in [0.25, 0.3) is 5.91 Å². The molecule has 0 spiro atoms. The predicted molar refractivity (Wildman–Crippen MR) is 96.4 cm³/mol. The molecule has 0 bridgehead atoms. The van der Waals surface area contributed by atoms with Crippen molar-refractivity contribution < 1.29 is 14.3 Å². The van der Waals surface area contributed by atoms with Crippen molar-refractivity contribution in [1.82, 2.24) is 9.97 Å². The molecule has 2 aromatic carbocycles. The summed E-state index contributed by atoms with van der Waals surface area (Å²) in [4.78, 5) is 31.8. The van der Waals surface area contributed by atoms with E-state index in [9.17, 15) is 9.59 Å². The van der Waals surface area contributed by atoms with Crippen LogP contribution in [0.2, 0.25) is 0 Å². The Labute approximate surface area is 149 Å². The van der Waals surface area contributed by atoms with E-state index in [0.29, 0.717) is 5.56 Å². The van der Waals surface area contributed by atoms with Crippen molar-refractivity contribution in [3.63, 3.8) is 0 Å². The first-order valence-electron chi connectivity index (χ1n) is 7.82. The number of aromatic nitrogens is 2. The minimum Gasteiger partial charge on any atom is -0.456 e. The van der Waals surface area contributed by atoms with Crippen molar-refractivity contribution >= 4 is 23.4 Å². The van der Waals surface area contributed by atoms with Gasteiger partial charge in [-0.3, -0.25) is 4.79 Å². The van der Waals surface area contributed by atoms with Gasteiger partial charge in [0.2, 0.25) is 0 Å². The van der Waals surface area contributed by atoms with Gasteiger partial charge < -0.3 is 15.8 Å². The highest BCUT2D eigenvalue weighted by Gasteiger charge is 2.14. The van der Waals surface area contributed by atoms with Crippen LogP contribution in [0.3, 0.4) is 0 Å². The zero-order chi connectivity index (χ0) is 18.4. The summed E-state index contributed by atoms with van der Waals surface area (Å²) in [6, 6.07) is 15.9. The lowest BCUT2D eigenvalue weighted by atomic mass is 10.1. The maximum absolute atomic E-state index is 12.2. The fourth-order valence-corrected chi connectivity index (χ4v) is 2.20. The largest absolute Gasteiger partial charge is 0.456 e. The van der Waals surface area contributed by atoms with E-state index < -0.39 is 5.97 Å². The van der Waals surface area contributed by atoms with Crippen molar-refractivity contribution in [2.24, 2.45) is 0 Å². The van der Waals surface area contributed by atoms with E-state index >= 15 is 0 Å². The van der Waals surface area contributed by atoms with Crippen LogP contribution in [0.4, 0.5) is 11.5 Å². The Bertz CT molecular complexity index is 912. The van der Waals surface area contributed by atoms with Crippen LogP contribution in [0.5, 0.6) is 0 Å². The SMILES string of the molecule is Nc1nccnc1C(=O)OCc1ccc(C(=O)Nc2ccccc2)cc1. The molecule has 0 radical (unpaired) electrons. The number of nitrogen functional groups attached to an aromatic ring is 1. The number of hydrogen-bond acceptors (Lipinski definition) is 6. The van der Waals surface area contributed by atoms with E-state index in [4.69, 9.17) is 10.5 Å². The summed E-state index contributed by atoms with van der Waals surface area (Å²) in [5.41, 5.74) is 7.52. The molecule has 0 aliphatic carbocycles. The Morgan fingerprint density at radius 3 is 2.35 bits per heavy atom. The minimum absolute atomic E-state index is 0.0189. The summed E-state index contributed by atoms with van der Waals surface area (Å²) in [5.74, 6) is -0.848. The second kappa shape index (κ2) is 7.89. The summed E-state index contributed by atoms with van der Waals surface area (Å²) in [6.07, 6.45) is 2.76. The maximum Gasteiger partial charge on any atom is 0.361 e. The lowest BCUT2D eigenvalue weighted by Crippen LogP contribution is -2.12. The summed E-state index contributed by atoms with van der Waals surface area (Å²) in [5, 5.41) is 2.80. The minimum atomic E-state index is -0.651. The zero-order valence-corrected chi connectivity index (χ0v) is 13.8. The van der Waals surface area contributed by atoms with Crippen LogP contribution in [0, 0.1) is 0 Å². The molecule has 0 fully saturated rings. The molecule has 0 aliphatic rings. The second-order valence-corrected chi connectivity index (χ2v) is 5.38. The van der Waals surface area contributed by atoms with E-state index in [1.807, 2.05) is 30.3 Å². The number of rotatable bonds is 5. The van der Waals surface area contributed by atoms with Crippen LogP contribution in [0.25, 0.3) is 0 Å². The molecule has 3 rings (SSSR count). The first-order valence-corrected chi connectivity index (χ1v) is 7.82. The Morgan fingerprint density at radius 2 is 1.65 bits per heavy atom. The van der Waals surface area contributed by atoms with Gasteiger partial charge in [-0.15, -0.1) is 0 Å². The average Bonchev–Trinajstić information content (AvgIpc) is 2.67.